The molecular formula is C19H21F3N2O2. The van der Waals surface area contributed by atoms with Gasteiger partial charge < -0.3 is 15.0 Å². The number of carbonyl (C=O) groups is 1. The van der Waals surface area contributed by atoms with E-state index in [0.717, 1.165) is 17.2 Å². The van der Waals surface area contributed by atoms with E-state index in [9.17, 15) is 18.0 Å². The number of urea groups is 1. The number of hydrogen-bond donors (Lipinski definition) is 1. The molecular weight excluding hydrogens is 345 g/mol. The van der Waals surface area contributed by atoms with E-state index in [-0.39, 0.29) is 17.9 Å². The van der Waals surface area contributed by atoms with Gasteiger partial charge in [-0.2, -0.15) is 0 Å². The summed E-state index contributed by atoms with van der Waals surface area (Å²) in [5, 5.41) is 2.27. The number of ether oxygens (including phenoxy) is 1. The molecule has 2 amide bonds. The Labute approximate surface area is 150 Å². The summed E-state index contributed by atoms with van der Waals surface area (Å²) in [6, 6.07) is 8.70. The van der Waals surface area contributed by atoms with Crippen LogP contribution in [0.3, 0.4) is 0 Å². The predicted octanol–water partition coefficient (Wildman–Crippen LogP) is 4.29. The van der Waals surface area contributed by atoms with Gasteiger partial charge in [0, 0.05) is 13.6 Å². The van der Waals surface area contributed by atoms with Crippen molar-refractivity contribution in [1.29, 1.82) is 0 Å². The van der Waals surface area contributed by atoms with Gasteiger partial charge in [-0.15, -0.1) is 0 Å². The Balaban J connectivity index is 2.12. The summed E-state index contributed by atoms with van der Waals surface area (Å²) in [4.78, 5) is 13.6. The van der Waals surface area contributed by atoms with E-state index in [4.69, 9.17) is 4.74 Å². The van der Waals surface area contributed by atoms with Gasteiger partial charge in [-0.25, -0.2) is 18.0 Å². The van der Waals surface area contributed by atoms with Crippen LogP contribution < -0.4 is 10.1 Å². The fourth-order valence-electron chi connectivity index (χ4n) is 2.53. The zero-order chi connectivity index (χ0) is 19.3. The predicted molar refractivity (Wildman–Crippen MR) is 92.9 cm³/mol. The molecule has 0 unspecified atom stereocenters. The fraction of sp³-hybridized carbons (Fsp3) is 0.316. The standard InChI is InChI=1S/C19H21F3N2O2/c1-12-6-4-5-7-14(12)11-24(2)19(25)23-17(18(21)22)13-8-9-16(26-3)15(20)10-13/h4-10,17-18H,11H2,1-3H3,(H,23,25)/t17-/m1/s1. The van der Waals surface area contributed by atoms with Crippen LogP contribution in [0.5, 0.6) is 5.75 Å². The van der Waals surface area contributed by atoms with Crippen molar-refractivity contribution in [2.45, 2.75) is 25.9 Å². The molecule has 0 radical (unpaired) electrons. The van der Waals surface area contributed by atoms with E-state index < -0.39 is 24.3 Å². The van der Waals surface area contributed by atoms with Crippen molar-refractivity contribution in [2.24, 2.45) is 0 Å². The number of carbonyl (C=O) groups excluding carboxylic acids is 1. The summed E-state index contributed by atoms with van der Waals surface area (Å²) in [7, 11) is 2.80. The van der Waals surface area contributed by atoms with E-state index in [2.05, 4.69) is 5.32 Å². The van der Waals surface area contributed by atoms with E-state index in [1.165, 1.54) is 31.2 Å². The van der Waals surface area contributed by atoms with Crippen LogP contribution in [0.15, 0.2) is 42.5 Å². The summed E-state index contributed by atoms with van der Waals surface area (Å²) in [6.07, 6.45) is -2.89. The first kappa shape index (κ1) is 19.6. The molecule has 0 aromatic heterocycles. The average molecular weight is 366 g/mol. The quantitative estimate of drug-likeness (QED) is 0.829. The molecule has 2 aromatic carbocycles. The highest BCUT2D eigenvalue weighted by Gasteiger charge is 2.26. The molecule has 2 rings (SSSR count). The van der Waals surface area contributed by atoms with Crippen LogP contribution >= 0.6 is 0 Å². The molecule has 0 fully saturated rings. The second-order valence-corrected chi connectivity index (χ2v) is 5.94. The minimum absolute atomic E-state index is 0.0315. The van der Waals surface area contributed by atoms with Crippen molar-refractivity contribution in [3.63, 3.8) is 0 Å². The number of halogens is 3. The number of alkyl halides is 2. The zero-order valence-electron chi connectivity index (χ0n) is 14.8. The molecule has 0 saturated heterocycles. The van der Waals surface area contributed by atoms with Gasteiger partial charge in [0.05, 0.1) is 7.11 Å². The maximum absolute atomic E-state index is 13.8. The Morgan fingerprint density at radius 1 is 1.23 bits per heavy atom. The highest BCUT2D eigenvalue weighted by Crippen LogP contribution is 2.26. The summed E-state index contributed by atoms with van der Waals surface area (Å²) in [6.45, 7) is 2.18. The van der Waals surface area contributed by atoms with Gasteiger partial charge in [0.2, 0.25) is 0 Å². The first-order valence-corrected chi connectivity index (χ1v) is 8.01. The highest BCUT2D eigenvalue weighted by atomic mass is 19.3. The largest absolute Gasteiger partial charge is 0.494 e. The number of benzene rings is 2. The van der Waals surface area contributed by atoms with Crippen molar-refractivity contribution in [3.05, 3.63) is 65.0 Å². The third kappa shape index (κ3) is 4.68. The molecule has 0 spiro atoms. The maximum atomic E-state index is 13.8. The number of nitrogens with one attached hydrogen (secondary N) is 1. The second-order valence-electron chi connectivity index (χ2n) is 5.94. The van der Waals surface area contributed by atoms with Crippen LogP contribution in [0.25, 0.3) is 0 Å². The van der Waals surface area contributed by atoms with Crippen molar-refractivity contribution >= 4 is 6.03 Å². The molecule has 0 heterocycles. The topological polar surface area (TPSA) is 41.6 Å². The summed E-state index contributed by atoms with van der Waals surface area (Å²) in [5.41, 5.74) is 1.87. The Morgan fingerprint density at radius 3 is 2.50 bits per heavy atom. The Hall–Kier alpha value is -2.70. The second kappa shape index (κ2) is 8.60. The van der Waals surface area contributed by atoms with Crippen LogP contribution in [0.4, 0.5) is 18.0 Å². The smallest absolute Gasteiger partial charge is 0.318 e. The number of hydrogen-bond acceptors (Lipinski definition) is 2. The average Bonchev–Trinajstić information content (AvgIpc) is 2.61. The third-order valence-corrected chi connectivity index (χ3v) is 4.08. The molecule has 0 aliphatic rings. The van der Waals surface area contributed by atoms with Crippen LogP contribution in [-0.4, -0.2) is 31.5 Å². The Bertz CT molecular complexity index is 768. The molecule has 0 saturated carbocycles. The van der Waals surface area contributed by atoms with E-state index in [1.807, 2.05) is 31.2 Å². The van der Waals surface area contributed by atoms with Crippen LogP contribution in [0, 0.1) is 12.7 Å². The van der Waals surface area contributed by atoms with Crippen LogP contribution in [0.2, 0.25) is 0 Å². The fourth-order valence-corrected chi connectivity index (χ4v) is 2.53. The molecule has 2 aromatic rings. The lowest BCUT2D eigenvalue weighted by atomic mass is 10.1. The Morgan fingerprint density at radius 2 is 1.92 bits per heavy atom. The third-order valence-electron chi connectivity index (χ3n) is 4.08. The monoisotopic (exact) mass is 366 g/mol. The maximum Gasteiger partial charge on any atom is 0.318 e. The number of aryl methyl sites for hydroxylation is 1. The first-order chi connectivity index (χ1) is 12.3. The summed E-state index contributed by atoms with van der Waals surface area (Å²) < 4.78 is 45.4. The summed E-state index contributed by atoms with van der Waals surface area (Å²) in [5.74, 6) is -0.817. The van der Waals surface area contributed by atoms with E-state index >= 15 is 0 Å². The van der Waals surface area contributed by atoms with Crippen molar-refractivity contribution in [1.82, 2.24) is 10.2 Å². The molecule has 1 atom stereocenters. The van der Waals surface area contributed by atoms with Gasteiger partial charge in [-0.05, 0) is 35.7 Å². The Kier molecular flexibility index (Phi) is 6.49. The lowest BCUT2D eigenvalue weighted by molar-refractivity contribution is 0.0971. The number of methoxy groups -OCH3 is 1. The van der Waals surface area contributed by atoms with Gasteiger partial charge in [-0.3, -0.25) is 0 Å². The van der Waals surface area contributed by atoms with Gasteiger partial charge in [-0.1, -0.05) is 30.3 Å². The minimum Gasteiger partial charge on any atom is -0.494 e. The summed E-state index contributed by atoms with van der Waals surface area (Å²) >= 11 is 0. The molecule has 0 aliphatic heterocycles. The molecule has 140 valence electrons. The lowest BCUT2D eigenvalue weighted by Gasteiger charge is -2.24. The lowest BCUT2D eigenvalue weighted by Crippen LogP contribution is -2.41. The SMILES string of the molecule is COc1ccc([C@@H](NC(=O)N(C)Cc2ccccc2C)C(F)F)cc1F. The number of nitrogens with zero attached hydrogens (tertiary/aromatic N) is 1. The van der Waals surface area contributed by atoms with Gasteiger partial charge in [0.15, 0.2) is 11.6 Å². The number of amides is 2. The van der Waals surface area contributed by atoms with Gasteiger partial charge in [0.25, 0.3) is 6.43 Å². The van der Waals surface area contributed by atoms with Gasteiger partial charge >= 0.3 is 6.03 Å². The number of rotatable bonds is 6. The normalized spacial score (nSPS) is 12.0. The molecule has 0 aliphatic carbocycles. The molecule has 0 bridgehead atoms. The molecule has 7 heteroatoms. The highest BCUT2D eigenvalue weighted by molar-refractivity contribution is 5.74. The van der Waals surface area contributed by atoms with E-state index in [1.54, 1.807) is 0 Å². The van der Waals surface area contributed by atoms with E-state index in [0.29, 0.717) is 0 Å². The minimum atomic E-state index is -2.89. The molecule has 4 nitrogen and oxygen atoms in total. The first-order valence-electron chi connectivity index (χ1n) is 8.01. The van der Waals surface area contributed by atoms with Crippen molar-refractivity contribution in [2.75, 3.05) is 14.2 Å². The van der Waals surface area contributed by atoms with Crippen molar-refractivity contribution in [3.8, 4) is 5.75 Å². The zero-order valence-corrected chi connectivity index (χ0v) is 14.8. The van der Waals surface area contributed by atoms with Gasteiger partial charge in [0.1, 0.15) is 6.04 Å². The van der Waals surface area contributed by atoms with Crippen molar-refractivity contribution < 1.29 is 22.7 Å². The molecule has 26 heavy (non-hydrogen) atoms. The molecule has 1 N–H and O–H groups in total. The van der Waals surface area contributed by atoms with Crippen LogP contribution in [-0.2, 0) is 6.54 Å². The van der Waals surface area contributed by atoms with Crippen LogP contribution in [0.1, 0.15) is 22.7 Å².